The number of allylic oxidation sites excluding steroid dienone is 4. The smallest absolute Gasteiger partial charge is 0.238 e. The molecule has 0 aliphatic heterocycles. The van der Waals surface area contributed by atoms with E-state index in [1.54, 1.807) is 14.0 Å². The molecule has 34 heavy (non-hydrogen) atoms. The van der Waals surface area contributed by atoms with Crippen LogP contribution in [-0.2, 0) is 27.7 Å². The van der Waals surface area contributed by atoms with Gasteiger partial charge in [0.1, 0.15) is 17.7 Å². The summed E-state index contributed by atoms with van der Waals surface area (Å²) in [6.07, 6.45) is 3.73. The van der Waals surface area contributed by atoms with Gasteiger partial charge in [-0.2, -0.15) is 5.10 Å². The Labute approximate surface area is 201 Å². The van der Waals surface area contributed by atoms with E-state index in [1.807, 2.05) is 38.1 Å². The summed E-state index contributed by atoms with van der Waals surface area (Å²) < 4.78 is 45.5. The number of nitrogens with zero attached hydrogens (tertiary/aromatic N) is 4. The summed E-state index contributed by atoms with van der Waals surface area (Å²) in [5.74, 6) is 0.411. The third-order valence-corrected chi connectivity index (χ3v) is 6.18. The van der Waals surface area contributed by atoms with Crippen molar-refractivity contribution in [3.63, 3.8) is 0 Å². The molecule has 0 spiro atoms. The molecule has 1 unspecified atom stereocenters. The second-order valence-electron chi connectivity index (χ2n) is 7.97. The third-order valence-electron chi connectivity index (χ3n) is 5.27. The summed E-state index contributed by atoms with van der Waals surface area (Å²) in [7, 11) is -2.47. The van der Waals surface area contributed by atoms with Crippen molar-refractivity contribution in [2.24, 2.45) is 5.14 Å². The summed E-state index contributed by atoms with van der Waals surface area (Å²) in [5, 5.41) is 9.79. The number of likely N-dealkylation sites (N-methyl/N-ethyl adjacent to an activating group) is 1. The Kier molecular flexibility index (Phi) is 10.3. The molecule has 1 atom stereocenters. The van der Waals surface area contributed by atoms with Crippen LogP contribution in [0.3, 0.4) is 0 Å². The number of methoxy groups -OCH3 is 1. The van der Waals surface area contributed by atoms with Crippen molar-refractivity contribution in [1.29, 1.82) is 0 Å². The van der Waals surface area contributed by atoms with E-state index in [2.05, 4.69) is 16.6 Å². The van der Waals surface area contributed by atoms with E-state index in [0.29, 0.717) is 37.8 Å². The summed E-state index contributed by atoms with van der Waals surface area (Å²) in [6.45, 7) is 11.6. The molecule has 0 aliphatic carbocycles. The van der Waals surface area contributed by atoms with Gasteiger partial charge in [-0.25, -0.2) is 27.6 Å². The van der Waals surface area contributed by atoms with Crippen molar-refractivity contribution in [2.45, 2.75) is 39.8 Å². The molecule has 0 saturated heterocycles. The van der Waals surface area contributed by atoms with Gasteiger partial charge < -0.3 is 4.74 Å². The molecule has 10 heteroatoms. The highest BCUT2D eigenvalue weighted by Crippen LogP contribution is 2.24. The third kappa shape index (κ3) is 7.98. The molecular formula is C24H34FN5O3S. The van der Waals surface area contributed by atoms with Crippen molar-refractivity contribution in [1.82, 2.24) is 19.7 Å². The molecule has 2 rings (SSSR count). The van der Waals surface area contributed by atoms with E-state index < -0.39 is 21.9 Å². The lowest BCUT2D eigenvalue weighted by Crippen LogP contribution is -2.27. The highest BCUT2D eigenvalue weighted by Gasteiger charge is 2.22. The van der Waals surface area contributed by atoms with Crippen LogP contribution < -0.4 is 5.14 Å². The second-order valence-corrected chi connectivity index (χ2v) is 9.53. The van der Waals surface area contributed by atoms with Crippen molar-refractivity contribution >= 4 is 10.0 Å². The second kappa shape index (κ2) is 12.7. The van der Waals surface area contributed by atoms with Crippen LogP contribution in [0.25, 0.3) is 0 Å². The first-order chi connectivity index (χ1) is 16.1. The first kappa shape index (κ1) is 27.6. The number of ether oxygens (including phenoxy) is 1. The topological polar surface area (TPSA) is 103 Å². The van der Waals surface area contributed by atoms with Gasteiger partial charge in [0.05, 0.1) is 18.1 Å². The predicted octanol–water partition coefficient (Wildman–Crippen LogP) is 3.42. The molecule has 1 aromatic carbocycles. The monoisotopic (exact) mass is 491 g/mol. The number of nitrogens with two attached hydrogens (primary N) is 1. The fraction of sp³-hybridized carbons (Fsp3) is 0.417. The zero-order chi connectivity index (χ0) is 25.3. The lowest BCUT2D eigenvalue weighted by atomic mass is 10.1. The van der Waals surface area contributed by atoms with Crippen LogP contribution >= 0.6 is 0 Å². The molecule has 0 aliphatic rings. The molecule has 0 radical (unpaired) electrons. The van der Waals surface area contributed by atoms with Crippen molar-refractivity contribution in [2.75, 3.05) is 26.8 Å². The van der Waals surface area contributed by atoms with Gasteiger partial charge in [0.25, 0.3) is 0 Å². The molecule has 0 amide bonds. The maximum atomic E-state index is 15.2. The molecule has 2 N–H and O–H groups in total. The summed E-state index contributed by atoms with van der Waals surface area (Å²) >= 11 is 0. The number of rotatable bonds is 13. The van der Waals surface area contributed by atoms with Gasteiger partial charge >= 0.3 is 0 Å². The number of hydrogen-bond acceptors (Lipinski definition) is 6. The normalized spacial score (nSPS) is 14.0. The Bertz CT molecular complexity index is 1140. The SMILES string of the molecule is C=C/C=C(\C=C(\F)C(C)n1nc(CN(CC)CCOC)nc1Cc1cccc(C)c1)S(N)(=O)=O. The van der Waals surface area contributed by atoms with E-state index in [4.69, 9.17) is 14.9 Å². The molecule has 186 valence electrons. The van der Waals surface area contributed by atoms with Crippen LogP contribution in [-0.4, -0.2) is 54.9 Å². The Morgan fingerprint density at radius 2 is 2.15 bits per heavy atom. The van der Waals surface area contributed by atoms with Gasteiger partial charge in [-0.15, -0.1) is 0 Å². The Balaban J connectivity index is 2.46. The van der Waals surface area contributed by atoms with Gasteiger partial charge in [-0.1, -0.05) is 49.4 Å². The number of hydrogen-bond donors (Lipinski definition) is 1. The minimum Gasteiger partial charge on any atom is -0.383 e. The van der Waals surface area contributed by atoms with Crippen LogP contribution in [0.4, 0.5) is 4.39 Å². The van der Waals surface area contributed by atoms with E-state index in [9.17, 15) is 8.42 Å². The van der Waals surface area contributed by atoms with Crippen LogP contribution in [0, 0.1) is 6.92 Å². The molecule has 1 heterocycles. The quantitative estimate of drug-likeness (QED) is 0.431. The highest BCUT2D eigenvalue weighted by atomic mass is 32.2. The average molecular weight is 492 g/mol. The predicted molar refractivity (Wildman–Crippen MR) is 132 cm³/mol. The van der Waals surface area contributed by atoms with E-state index in [1.165, 1.54) is 10.8 Å². The molecule has 0 fully saturated rings. The largest absolute Gasteiger partial charge is 0.383 e. The van der Waals surface area contributed by atoms with Crippen LogP contribution in [0.2, 0.25) is 0 Å². The first-order valence-corrected chi connectivity index (χ1v) is 12.6. The fourth-order valence-electron chi connectivity index (χ4n) is 3.39. The van der Waals surface area contributed by atoms with Gasteiger partial charge in [0.15, 0.2) is 5.82 Å². The summed E-state index contributed by atoms with van der Waals surface area (Å²) in [5.41, 5.74) is 2.12. The van der Waals surface area contributed by atoms with E-state index in [-0.39, 0.29) is 4.91 Å². The number of benzene rings is 1. The van der Waals surface area contributed by atoms with E-state index >= 15 is 4.39 Å². The Morgan fingerprint density at radius 3 is 2.74 bits per heavy atom. The molecular weight excluding hydrogens is 457 g/mol. The molecule has 2 aromatic rings. The van der Waals surface area contributed by atoms with Gasteiger partial charge in [-0.3, -0.25) is 4.90 Å². The summed E-state index contributed by atoms with van der Waals surface area (Å²) in [4.78, 5) is 6.46. The molecule has 0 bridgehead atoms. The summed E-state index contributed by atoms with van der Waals surface area (Å²) in [6, 6.07) is 7.08. The van der Waals surface area contributed by atoms with Crippen molar-refractivity contribution in [3.05, 3.63) is 82.6 Å². The molecule has 8 nitrogen and oxygen atoms in total. The lowest BCUT2D eigenvalue weighted by molar-refractivity contribution is 0.146. The highest BCUT2D eigenvalue weighted by molar-refractivity contribution is 7.93. The average Bonchev–Trinajstić information content (AvgIpc) is 3.16. The molecule has 0 saturated carbocycles. The minimum absolute atomic E-state index is 0.371. The number of primary sulfonamides is 1. The van der Waals surface area contributed by atoms with Crippen LogP contribution in [0.1, 0.15) is 42.7 Å². The van der Waals surface area contributed by atoms with Crippen LogP contribution in [0.15, 0.2) is 59.8 Å². The van der Waals surface area contributed by atoms with Crippen molar-refractivity contribution < 1.29 is 17.5 Å². The molecule has 1 aromatic heterocycles. The zero-order valence-corrected chi connectivity index (χ0v) is 21.1. The number of sulfonamides is 1. The van der Waals surface area contributed by atoms with Gasteiger partial charge in [-0.05, 0) is 38.1 Å². The van der Waals surface area contributed by atoms with Gasteiger partial charge in [0.2, 0.25) is 10.0 Å². The number of aryl methyl sites for hydroxylation is 1. The van der Waals surface area contributed by atoms with Gasteiger partial charge in [0, 0.05) is 20.1 Å². The van der Waals surface area contributed by atoms with Crippen LogP contribution in [0.5, 0.6) is 0 Å². The van der Waals surface area contributed by atoms with E-state index in [0.717, 1.165) is 29.8 Å². The maximum absolute atomic E-state index is 15.2. The fourth-order valence-corrected chi connectivity index (χ4v) is 3.95. The standard InChI is InChI=1S/C24H34FN5O3S/c1-6-9-21(34(26,31)32)16-22(25)19(4)30-24(15-20-11-8-10-18(3)14-20)27-23(28-30)17-29(7-2)12-13-33-5/h6,8-11,14,16,19H,1,7,12-13,15,17H2,2-5H3,(H2,26,31,32)/b21-9+,22-16+. The minimum atomic E-state index is -4.11. The Hall–Kier alpha value is -2.66. The first-order valence-electron chi connectivity index (χ1n) is 11.0. The Morgan fingerprint density at radius 1 is 1.41 bits per heavy atom. The maximum Gasteiger partial charge on any atom is 0.238 e. The lowest BCUT2D eigenvalue weighted by Gasteiger charge is -2.17. The zero-order valence-electron chi connectivity index (χ0n) is 20.2. The number of halogens is 1. The van der Waals surface area contributed by atoms with Crippen molar-refractivity contribution in [3.8, 4) is 0 Å². The number of aromatic nitrogens is 3.